The molecule has 2 aromatic heterocycles. The first kappa shape index (κ1) is 21.6. The van der Waals surface area contributed by atoms with E-state index in [9.17, 15) is 4.79 Å². The monoisotopic (exact) mass is 449 g/mol. The largest absolute Gasteiger partial charge is 0.493 e. The lowest BCUT2D eigenvalue weighted by Gasteiger charge is -2.15. The summed E-state index contributed by atoms with van der Waals surface area (Å²) in [6, 6.07) is 13.0. The Hall–Kier alpha value is -3.65. The third-order valence-electron chi connectivity index (χ3n) is 4.99. The molecule has 32 heavy (non-hydrogen) atoms. The van der Waals surface area contributed by atoms with Gasteiger partial charge in [-0.1, -0.05) is 18.2 Å². The molecular weight excluding hydrogens is 426 g/mol. The van der Waals surface area contributed by atoms with Gasteiger partial charge in [-0.15, -0.1) is 11.3 Å². The second-order valence-corrected chi connectivity index (χ2v) is 7.99. The summed E-state index contributed by atoms with van der Waals surface area (Å²) in [4.78, 5) is 22.3. The topological polar surface area (TPSA) is 82.6 Å². The summed E-state index contributed by atoms with van der Waals surface area (Å²) < 4.78 is 16.4. The molecule has 0 aliphatic rings. The number of aromatic nitrogens is 2. The Kier molecular flexibility index (Phi) is 6.23. The molecule has 7 nitrogen and oxygen atoms in total. The first-order valence-electron chi connectivity index (χ1n) is 9.93. The number of carbonyl (C=O) groups is 1. The number of ether oxygens (including phenoxy) is 3. The molecule has 0 saturated carbocycles. The van der Waals surface area contributed by atoms with Crippen molar-refractivity contribution in [1.82, 2.24) is 15.3 Å². The lowest BCUT2D eigenvalue weighted by atomic mass is 10.0. The number of aryl methyl sites for hydroxylation is 1. The lowest BCUT2D eigenvalue weighted by Crippen LogP contribution is -2.23. The van der Waals surface area contributed by atoms with E-state index >= 15 is 0 Å². The molecule has 1 N–H and O–H groups in total. The first-order valence-corrected chi connectivity index (χ1v) is 10.8. The third-order valence-corrected chi connectivity index (χ3v) is 5.95. The quantitative estimate of drug-likeness (QED) is 0.443. The van der Waals surface area contributed by atoms with Gasteiger partial charge in [-0.05, 0) is 31.2 Å². The SMILES string of the molecule is COc1cc(-c2cc(C(=O)NCc3nc(C)cs3)c3ccccc3n2)cc(OC)c1OC. The standard InChI is InChI=1S/C24H23N3O4S/c1-14-13-32-22(26-14)12-25-24(28)17-11-19(27-18-8-6-5-7-16(17)18)15-9-20(29-2)23(31-4)21(10-15)30-3/h5-11,13H,12H2,1-4H3,(H,25,28). The maximum absolute atomic E-state index is 13.1. The maximum atomic E-state index is 13.1. The zero-order chi connectivity index (χ0) is 22.7. The number of nitrogens with zero attached hydrogens (tertiary/aromatic N) is 2. The number of fused-ring (bicyclic) bond motifs is 1. The van der Waals surface area contributed by atoms with Crippen LogP contribution in [0.3, 0.4) is 0 Å². The fourth-order valence-corrected chi connectivity index (χ4v) is 4.19. The second kappa shape index (κ2) is 9.23. The number of pyridine rings is 1. The number of thiazole rings is 1. The number of hydrogen-bond donors (Lipinski definition) is 1. The zero-order valence-electron chi connectivity index (χ0n) is 18.3. The summed E-state index contributed by atoms with van der Waals surface area (Å²) >= 11 is 1.52. The molecule has 8 heteroatoms. The van der Waals surface area contributed by atoms with Crippen LogP contribution < -0.4 is 19.5 Å². The molecule has 0 atom stereocenters. The number of para-hydroxylation sites is 1. The van der Waals surface area contributed by atoms with Gasteiger partial charge in [-0.3, -0.25) is 4.79 Å². The van der Waals surface area contributed by atoms with Gasteiger partial charge in [0.2, 0.25) is 5.75 Å². The number of hydrogen-bond acceptors (Lipinski definition) is 7. The Morgan fingerprint density at radius 3 is 2.34 bits per heavy atom. The number of benzene rings is 2. The van der Waals surface area contributed by atoms with Crippen LogP contribution in [-0.2, 0) is 6.54 Å². The molecule has 0 saturated heterocycles. The summed E-state index contributed by atoms with van der Waals surface area (Å²) in [5.74, 6) is 1.34. The van der Waals surface area contributed by atoms with Crippen LogP contribution in [0.1, 0.15) is 21.1 Å². The van der Waals surface area contributed by atoms with Gasteiger partial charge < -0.3 is 19.5 Å². The molecule has 0 unspecified atom stereocenters. The van der Waals surface area contributed by atoms with Gasteiger partial charge in [0.05, 0.1) is 44.6 Å². The molecule has 0 radical (unpaired) electrons. The van der Waals surface area contributed by atoms with Crippen molar-refractivity contribution in [2.45, 2.75) is 13.5 Å². The van der Waals surface area contributed by atoms with Gasteiger partial charge in [0, 0.05) is 22.0 Å². The number of amides is 1. The third kappa shape index (κ3) is 4.22. The Morgan fingerprint density at radius 1 is 1.00 bits per heavy atom. The van der Waals surface area contributed by atoms with E-state index in [4.69, 9.17) is 19.2 Å². The number of carbonyl (C=O) groups excluding carboxylic acids is 1. The van der Waals surface area contributed by atoms with Gasteiger partial charge >= 0.3 is 0 Å². The van der Waals surface area contributed by atoms with Crippen LogP contribution in [0.5, 0.6) is 17.2 Å². The van der Waals surface area contributed by atoms with Crippen molar-refractivity contribution in [3.8, 4) is 28.5 Å². The van der Waals surface area contributed by atoms with Crippen LogP contribution >= 0.6 is 11.3 Å². The number of methoxy groups -OCH3 is 3. The molecule has 0 aliphatic heterocycles. The minimum atomic E-state index is -0.190. The average Bonchev–Trinajstić information content (AvgIpc) is 3.25. The number of rotatable bonds is 7. The highest BCUT2D eigenvalue weighted by Gasteiger charge is 2.18. The van der Waals surface area contributed by atoms with Crippen molar-refractivity contribution in [2.75, 3.05) is 21.3 Å². The van der Waals surface area contributed by atoms with E-state index in [1.165, 1.54) is 11.3 Å². The van der Waals surface area contributed by atoms with E-state index in [2.05, 4.69) is 10.3 Å². The van der Waals surface area contributed by atoms with Crippen molar-refractivity contribution < 1.29 is 19.0 Å². The van der Waals surface area contributed by atoms with Crippen molar-refractivity contribution in [2.24, 2.45) is 0 Å². The molecule has 0 fully saturated rings. The van der Waals surface area contributed by atoms with Crippen molar-refractivity contribution in [1.29, 1.82) is 0 Å². The Bertz CT molecular complexity index is 1260. The molecule has 0 bridgehead atoms. The fourth-order valence-electron chi connectivity index (χ4n) is 3.48. The highest BCUT2D eigenvalue weighted by atomic mass is 32.1. The van der Waals surface area contributed by atoms with Crippen LogP contribution in [0.15, 0.2) is 47.8 Å². The molecule has 2 heterocycles. The van der Waals surface area contributed by atoms with E-state index in [1.807, 2.05) is 48.7 Å². The summed E-state index contributed by atoms with van der Waals surface area (Å²) in [5, 5.41) is 6.57. The van der Waals surface area contributed by atoms with Gasteiger partial charge in [-0.25, -0.2) is 9.97 Å². The van der Waals surface area contributed by atoms with Gasteiger partial charge in [0.15, 0.2) is 11.5 Å². The van der Waals surface area contributed by atoms with E-state index in [1.54, 1.807) is 27.4 Å². The first-order chi connectivity index (χ1) is 15.5. The zero-order valence-corrected chi connectivity index (χ0v) is 19.1. The number of nitrogens with one attached hydrogen (secondary N) is 1. The summed E-state index contributed by atoms with van der Waals surface area (Å²) in [7, 11) is 4.68. The summed E-state index contributed by atoms with van der Waals surface area (Å²) in [5.41, 5.74) is 3.56. The predicted octanol–water partition coefficient (Wildman–Crippen LogP) is 4.62. The summed E-state index contributed by atoms with van der Waals surface area (Å²) in [6.45, 7) is 2.30. The van der Waals surface area contributed by atoms with Gasteiger partial charge in [0.25, 0.3) is 5.91 Å². The molecule has 1 amide bonds. The molecule has 2 aromatic carbocycles. The van der Waals surface area contributed by atoms with Crippen LogP contribution in [0.2, 0.25) is 0 Å². The van der Waals surface area contributed by atoms with E-state index < -0.39 is 0 Å². The highest BCUT2D eigenvalue weighted by Crippen LogP contribution is 2.41. The molecule has 4 rings (SSSR count). The Balaban J connectivity index is 1.78. The maximum Gasteiger partial charge on any atom is 0.252 e. The summed E-state index contributed by atoms with van der Waals surface area (Å²) in [6.07, 6.45) is 0. The molecule has 0 aliphatic carbocycles. The van der Waals surface area contributed by atoms with E-state index in [0.717, 1.165) is 21.7 Å². The van der Waals surface area contributed by atoms with Crippen LogP contribution in [0, 0.1) is 6.92 Å². The molecule has 4 aromatic rings. The van der Waals surface area contributed by atoms with Crippen molar-refractivity contribution in [3.63, 3.8) is 0 Å². The van der Waals surface area contributed by atoms with Crippen molar-refractivity contribution in [3.05, 3.63) is 64.1 Å². The Labute approximate surface area is 190 Å². The van der Waals surface area contributed by atoms with Crippen LogP contribution in [0.25, 0.3) is 22.2 Å². The average molecular weight is 450 g/mol. The van der Waals surface area contributed by atoms with Gasteiger partial charge in [0.1, 0.15) is 5.01 Å². The second-order valence-electron chi connectivity index (χ2n) is 7.05. The smallest absolute Gasteiger partial charge is 0.252 e. The van der Waals surface area contributed by atoms with Crippen molar-refractivity contribution >= 4 is 28.1 Å². The van der Waals surface area contributed by atoms with Crippen LogP contribution in [0.4, 0.5) is 0 Å². The Morgan fingerprint density at radius 2 is 1.72 bits per heavy atom. The molecular formula is C24H23N3O4S. The van der Waals surface area contributed by atoms with E-state index in [-0.39, 0.29) is 5.91 Å². The van der Waals surface area contributed by atoms with E-state index in [0.29, 0.717) is 40.6 Å². The predicted molar refractivity (Wildman–Crippen MR) is 125 cm³/mol. The molecule has 164 valence electrons. The fraction of sp³-hybridized carbons (Fsp3) is 0.208. The lowest BCUT2D eigenvalue weighted by molar-refractivity contribution is 0.0952. The molecule has 0 spiro atoms. The highest BCUT2D eigenvalue weighted by molar-refractivity contribution is 7.09. The van der Waals surface area contributed by atoms with Gasteiger partial charge in [-0.2, -0.15) is 0 Å². The minimum absolute atomic E-state index is 0.190. The minimum Gasteiger partial charge on any atom is -0.493 e. The van der Waals surface area contributed by atoms with Crippen LogP contribution in [-0.4, -0.2) is 37.2 Å². The normalized spacial score (nSPS) is 10.8.